The summed E-state index contributed by atoms with van der Waals surface area (Å²) in [6.07, 6.45) is -1.07. The molecule has 5 heteroatoms. The van der Waals surface area contributed by atoms with Gasteiger partial charge in [-0.05, 0) is 36.5 Å². The van der Waals surface area contributed by atoms with Gasteiger partial charge in [-0.25, -0.2) is 4.39 Å². The average molecular weight is 275 g/mol. The Morgan fingerprint density at radius 2 is 2.00 bits per heavy atom. The number of rotatable bonds is 3. The summed E-state index contributed by atoms with van der Waals surface area (Å²) in [4.78, 5) is 0. The van der Waals surface area contributed by atoms with Gasteiger partial charge in [0, 0.05) is 6.54 Å². The minimum Gasteiger partial charge on any atom is -0.382 e. The Morgan fingerprint density at radius 1 is 1.26 bits per heavy atom. The first kappa shape index (κ1) is 14.2. The second-order valence-corrected chi connectivity index (χ2v) is 5.24. The number of hydrogen-bond acceptors (Lipinski definition) is 1. The molecule has 1 aromatic carbocycles. The number of nitrogens with one attached hydrogen (secondary N) is 1. The molecule has 2 rings (SSSR count). The van der Waals surface area contributed by atoms with Crippen molar-refractivity contribution < 1.29 is 17.6 Å². The lowest BCUT2D eigenvalue weighted by molar-refractivity contribution is -0.137. The van der Waals surface area contributed by atoms with E-state index in [2.05, 4.69) is 12.2 Å². The topological polar surface area (TPSA) is 12.0 Å². The van der Waals surface area contributed by atoms with Crippen LogP contribution in [0.5, 0.6) is 0 Å². The van der Waals surface area contributed by atoms with Gasteiger partial charge >= 0.3 is 6.18 Å². The number of hydrogen-bond donors (Lipinski definition) is 1. The Hall–Kier alpha value is -1.26. The Bertz CT molecular complexity index is 442. The summed E-state index contributed by atoms with van der Waals surface area (Å²) in [5.74, 6) is 0.215. The zero-order chi connectivity index (χ0) is 14.0. The SMILES string of the molecule is CC1CCCC1CNc1ccc(C(F)(F)F)cc1F. The summed E-state index contributed by atoms with van der Waals surface area (Å²) < 4.78 is 50.8. The summed E-state index contributed by atoms with van der Waals surface area (Å²) in [5.41, 5.74) is -0.808. The van der Waals surface area contributed by atoms with Crippen LogP contribution in [0, 0.1) is 17.7 Å². The van der Waals surface area contributed by atoms with Gasteiger partial charge in [0.25, 0.3) is 0 Å². The Morgan fingerprint density at radius 3 is 2.53 bits per heavy atom. The van der Waals surface area contributed by atoms with E-state index in [1.165, 1.54) is 12.8 Å². The predicted molar refractivity (Wildman–Crippen MR) is 66.4 cm³/mol. The van der Waals surface area contributed by atoms with Crippen molar-refractivity contribution in [2.45, 2.75) is 32.4 Å². The molecule has 2 atom stereocenters. The Balaban J connectivity index is 2.01. The molecule has 1 aliphatic rings. The average Bonchev–Trinajstić information content (AvgIpc) is 2.72. The third kappa shape index (κ3) is 3.39. The molecule has 1 aliphatic carbocycles. The highest BCUT2D eigenvalue weighted by Crippen LogP contribution is 2.33. The van der Waals surface area contributed by atoms with Crippen LogP contribution in [-0.4, -0.2) is 6.54 Å². The first-order valence-electron chi connectivity index (χ1n) is 6.48. The highest BCUT2D eigenvalue weighted by atomic mass is 19.4. The zero-order valence-electron chi connectivity index (χ0n) is 10.7. The molecule has 1 N–H and O–H groups in total. The van der Waals surface area contributed by atoms with Crippen molar-refractivity contribution in [3.8, 4) is 0 Å². The van der Waals surface area contributed by atoms with Crippen LogP contribution in [0.25, 0.3) is 0 Å². The fourth-order valence-corrected chi connectivity index (χ4v) is 2.60. The van der Waals surface area contributed by atoms with Crippen LogP contribution in [0.2, 0.25) is 0 Å². The third-order valence-electron chi connectivity index (χ3n) is 3.89. The molecule has 0 aromatic heterocycles. The zero-order valence-corrected chi connectivity index (χ0v) is 10.7. The van der Waals surface area contributed by atoms with Gasteiger partial charge in [-0.15, -0.1) is 0 Å². The van der Waals surface area contributed by atoms with Gasteiger partial charge in [0.2, 0.25) is 0 Å². The molecule has 0 spiro atoms. The third-order valence-corrected chi connectivity index (χ3v) is 3.89. The molecule has 19 heavy (non-hydrogen) atoms. The van der Waals surface area contributed by atoms with E-state index < -0.39 is 17.6 Å². The fourth-order valence-electron chi connectivity index (χ4n) is 2.60. The van der Waals surface area contributed by atoms with Crippen LogP contribution in [0.3, 0.4) is 0 Å². The van der Waals surface area contributed by atoms with Crippen molar-refractivity contribution in [3.05, 3.63) is 29.6 Å². The lowest BCUT2D eigenvalue weighted by atomic mass is 9.98. The summed E-state index contributed by atoms with van der Waals surface area (Å²) in [6, 6.07) is 2.61. The molecule has 2 unspecified atom stereocenters. The quantitative estimate of drug-likeness (QED) is 0.789. The molecule has 1 saturated carbocycles. The van der Waals surface area contributed by atoms with Gasteiger partial charge in [-0.1, -0.05) is 19.8 Å². The first-order valence-corrected chi connectivity index (χ1v) is 6.48. The highest BCUT2D eigenvalue weighted by molar-refractivity contribution is 5.46. The maximum Gasteiger partial charge on any atom is 0.416 e. The largest absolute Gasteiger partial charge is 0.416 e. The van der Waals surface area contributed by atoms with Crippen LogP contribution in [-0.2, 0) is 6.18 Å². The Kier molecular flexibility index (Phi) is 4.02. The summed E-state index contributed by atoms with van der Waals surface area (Å²) in [6.45, 7) is 2.77. The van der Waals surface area contributed by atoms with E-state index in [1.54, 1.807) is 0 Å². The van der Waals surface area contributed by atoms with Gasteiger partial charge in [-0.3, -0.25) is 0 Å². The second-order valence-electron chi connectivity index (χ2n) is 5.24. The molecule has 0 bridgehead atoms. The van der Waals surface area contributed by atoms with E-state index in [-0.39, 0.29) is 5.69 Å². The van der Waals surface area contributed by atoms with E-state index in [9.17, 15) is 17.6 Å². The van der Waals surface area contributed by atoms with Gasteiger partial charge in [0.1, 0.15) is 5.82 Å². The van der Waals surface area contributed by atoms with Crippen molar-refractivity contribution >= 4 is 5.69 Å². The molecule has 0 radical (unpaired) electrons. The first-order chi connectivity index (χ1) is 8.88. The minimum absolute atomic E-state index is 0.145. The van der Waals surface area contributed by atoms with Crippen LogP contribution >= 0.6 is 0 Å². The number of anilines is 1. The lowest BCUT2D eigenvalue weighted by Gasteiger charge is -2.17. The standard InChI is InChI=1S/C14H17F4N/c1-9-3-2-4-10(9)8-19-13-6-5-11(7-12(13)15)14(16,17)18/h5-7,9-10,19H,2-4,8H2,1H3. The Labute approximate surface area is 110 Å². The number of benzene rings is 1. The maximum atomic E-state index is 13.6. The monoisotopic (exact) mass is 275 g/mol. The molecule has 0 amide bonds. The lowest BCUT2D eigenvalue weighted by Crippen LogP contribution is -2.17. The van der Waals surface area contributed by atoms with Gasteiger partial charge in [0.15, 0.2) is 0 Å². The van der Waals surface area contributed by atoms with Crippen LogP contribution in [0.1, 0.15) is 31.7 Å². The summed E-state index contributed by atoms with van der Waals surface area (Å²) in [5, 5.41) is 2.92. The summed E-state index contributed by atoms with van der Waals surface area (Å²) in [7, 11) is 0. The predicted octanol–water partition coefficient (Wildman–Crippen LogP) is 4.69. The van der Waals surface area contributed by atoms with Crippen molar-refractivity contribution in [2.75, 3.05) is 11.9 Å². The molecule has 106 valence electrons. The van der Waals surface area contributed by atoms with Gasteiger partial charge in [-0.2, -0.15) is 13.2 Å². The fraction of sp³-hybridized carbons (Fsp3) is 0.571. The molecular formula is C14H17F4N. The molecule has 1 nitrogen and oxygen atoms in total. The van der Waals surface area contributed by atoms with E-state index in [1.807, 2.05) is 0 Å². The highest BCUT2D eigenvalue weighted by Gasteiger charge is 2.31. The van der Waals surface area contributed by atoms with Gasteiger partial charge < -0.3 is 5.32 Å². The molecule has 0 heterocycles. The van der Waals surface area contributed by atoms with Crippen molar-refractivity contribution in [1.82, 2.24) is 0 Å². The van der Waals surface area contributed by atoms with E-state index in [0.717, 1.165) is 18.6 Å². The van der Waals surface area contributed by atoms with E-state index in [0.29, 0.717) is 24.4 Å². The molecular weight excluding hydrogens is 258 g/mol. The van der Waals surface area contributed by atoms with Crippen molar-refractivity contribution in [3.63, 3.8) is 0 Å². The minimum atomic E-state index is -4.50. The van der Waals surface area contributed by atoms with Crippen molar-refractivity contribution in [2.24, 2.45) is 11.8 Å². The van der Waals surface area contributed by atoms with Gasteiger partial charge in [0.05, 0.1) is 11.3 Å². The van der Waals surface area contributed by atoms with Crippen LogP contribution in [0.15, 0.2) is 18.2 Å². The number of alkyl halides is 3. The molecule has 1 fully saturated rings. The number of halogens is 4. The summed E-state index contributed by atoms with van der Waals surface area (Å²) >= 11 is 0. The molecule has 0 aliphatic heterocycles. The van der Waals surface area contributed by atoms with E-state index in [4.69, 9.17) is 0 Å². The molecule has 1 aromatic rings. The smallest absolute Gasteiger partial charge is 0.382 e. The van der Waals surface area contributed by atoms with Crippen LogP contribution < -0.4 is 5.32 Å². The maximum absolute atomic E-state index is 13.6. The second kappa shape index (κ2) is 5.39. The molecule has 0 saturated heterocycles. The van der Waals surface area contributed by atoms with Crippen molar-refractivity contribution in [1.29, 1.82) is 0 Å². The normalized spacial score (nSPS) is 23.6. The van der Waals surface area contributed by atoms with Crippen LogP contribution in [0.4, 0.5) is 23.2 Å². The van der Waals surface area contributed by atoms with E-state index >= 15 is 0 Å².